The first-order valence-electron chi connectivity index (χ1n) is 5.38. The van der Waals surface area contributed by atoms with Gasteiger partial charge in [-0.3, -0.25) is 4.79 Å². The van der Waals surface area contributed by atoms with Gasteiger partial charge in [0.25, 0.3) is 0 Å². The maximum absolute atomic E-state index is 11.8. The molecule has 2 N–H and O–H groups in total. The van der Waals surface area contributed by atoms with E-state index >= 15 is 0 Å². The van der Waals surface area contributed by atoms with Gasteiger partial charge >= 0.3 is 0 Å². The van der Waals surface area contributed by atoms with Crippen LogP contribution in [0.2, 0.25) is 5.02 Å². The molecule has 0 bridgehead atoms. The molecule has 0 heterocycles. The van der Waals surface area contributed by atoms with Crippen LogP contribution in [-0.2, 0) is 4.79 Å². The molecule has 0 aliphatic rings. The predicted octanol–water partition coefficient (Wildman–Crippen LogP) is 2.24. The molecular formula is C12H17ClN2OS. The van der Waals surface area contributed by atoms with Crippen LogP contribution in [0, 0.1) is 0 Å². The minimum atomic E-state index is 0.0771. The van der Waals surface area contributed by atoms with Crippen molar-refractivity contribution in [3.05, 3.63) is 29.3 Å². The largest absolute Gasteiger partial charge is 0.341 e. The number of nitrogens with zero attached hydrogens (tertiary/aromatic N) is 1. The van der Waals surface area contributed by atoms with E-state index in [0.717, 1.165) is 4.90 Å². The van der Waals surface area contributed by atoms with Gasteiger partial charge in [-0.15, -0.1) is 11.8 Å². The third kappa shape index (κ3) is 4.58. The standard InChI is InChI=1S/C12H17ClN2OS/c1-9(7-14)15(2)12(16)8-17-11-5-3-10(13)4-6-11/h3-6,9H,7-8,14H2,1-2H3. The van der Waals surface area contributed by atoms with E-state index in [2.05, 4.69) is 0 Å². The maximum Gasteiger partial charge on any atom is 0.232 e. The Morgan fingerprint density at radius 1 is 1.47 bits per heavy atom. The topological polar surface area (TPSA) is 46.3 Å². The van der Waals surface area contributed by atoms with E-state index in [0.29, 0.717) is 17.3 Å². The van der Waals surface area contributed by atoms with E-state index in [-0.39, 0.29) is 11.9 Å². The molecule has 1 aromatic carbocycles. The number of nitrogens with two attached hydrogens (primary N) is 1. The molecule has 17 heavy (non-hydrogen) atoms. The highest BCUT2D eigenvalue weighted by atomic mass is 35.5. The van der Waals surface area contributed by atoms with Crippen LogP contribution < -0.4 is 5.73 Å². The summed E-state index contributed by atoms with van der Waals surface area (Å²) in [7, 11) is 1.78. The van der Waals surface area contributed by atoms with Gasteiger partial charge in [0.1, 0.15) is 0 Å². The van der Waals surface area contributed by atoms with Crippen molar-refractivity contribution >= 4 is 29.3 Å². The van der Waals surface area contributed by atoms with Crippen molar-refractivity contribution in [1.82, 2.24) is 4.90 Å². The molecule has 5 heteroatoms. The third-order valence-corrected chi connectivity index (χ3v) is 3.82. The Bertz CT molecular complexity index is 369. The fourth-order valence-corrected chi connectivity index (χ4v) is 2.13. The fraction of sp³-hybridized carbons (Fsp3) is 0.417. The maximum atomic E-state index is 11.8. The van der Waals surface area contributed by atoms with Gasteiger partial charge in [-0.1, -0.05) is 11.6 Å². The highest BCUT2D eigenvalue weighted by molar-refractivity contribution is 8.00. The number of amides is 1. The summed E-state index contributed by atoms with van der Waals surface area (Å²) in [5.74, 6) is 0.505. The molecule has 3 nitrogen and oxygen atoms in total. The zero-order chi connectivity index (χ0) is 12.8. The van der Waals surface area contributed by atoms with Crippen LogP contribution in [0.25, 0.3) is 0 Å². The van der Waals surface area contributed by atoms with E-state index in [1.165, 1.54) is 11.8 Å². The predicted molar refractivity (Wildman–Crippen MR) is 73.5 cm³/mol. The smallest absolute Gasteiger partial charge is 0.232 e. The molecule has 1 amide bonds. The van der Waals surface area contributed by atoms with Crippen LogP contribution >= 0.6 is 23.4 Å². The van der Waals surface area contributed by atoms with Crippen molar-refractivity contribution in [2.75, 3.05) is 19.3 Å². The summed E-state index contributed by atoms with van der Waals surface area (Å²) < 4.78 is 0. The van der Waals surface area contributed by atoms with E-state index in [1.807, 2.05) is 31.2 Å². The summed E-state index contributed by atoms with van der Waals surface area (Å²) in [6.07, 6.45) is 0. The van der Waals surface area contributed by atoms with Crippen molar-refractivity contribution in [2.24, 2.45) is 5.73 Å². The first-order chi connectivity index (χ1) is 8.04. The van der Waals surface area contributed by atoms with Gasteiger partial charge in [0.05, 0.1) is 5.75 Å². The number of carbonyl (C=O) groups excluding carboxylic acids is 1. The molecule has 94 valence electrons. The van der Waals surface area contributed by atoms with Crippen LogP contribution in [0.5, 0.6) is 0 Å². The summed E-state index contributed by atoms with van der Waals surface area (Å²) in [5, 5.41) is 0.703. The second kappa shape index (κ2) is 6.89. The highest BCUT2D eigenvalue weighted by Gasteiger charge is 2.14. The number of likely N-dealkylation sites (N-methyl/N-ethyl adjacent to an activating group) is 1. The van der Waals surface area contributed by atoms with Crippen molar-refractivity contribution in [3.63, 3.8) is 0 Å². The minimum Gasteiger partial charge on any atom is -0.341 e. The summed E-state index contributed by atoms with van der Waals surface area (Å²) >= 11 is 7.29. The summed E-state index contributed by atoms with van der Waals surface area (Å²) in [6, 6.07) is 7.54. The summed E-state index contributed by atoms with van der Waals surface area (Å²) in [5.41, 5.74) is 5.52. The van der Waals surface area contributed by atoms with Crippen LogP contribution in [0.1, 0.15) is 6.92 Å². The summed E-state index contributed by atoms with van der Waals surface area (Å²) in [6.45, 7) is 2.42. The second-order valence-corrected chi connectivity index (χ2v) is 5.32. The lowest BCUT2D eigenvalue weighted by Gasteiger charge is -2.23. The van der Waals surface area contributed by atoms with Crippen LogP contribution in [-0.4, -0.2) is 36.2 Å². The highest BCUT2D eigenvalue weighted by Crippen LogP contribution is 2.20. The number of hydrogen-bond donors (Lipinski definition) is 1. The normalized spacial score (nSPS) is 12.2. The molecular weight excluding hydrogens is 256 g/mol. The van der Waals surface area contributed by atoms with E-state index < -0.39 is 0 Å². The van der Waals surface area contributed by atoms with Crippen LogP contribution in [0.3, 0.4) is 0 Å². The Morgan fingerprint density at radius 3 is 2.59 bits per heavy atom. The average molecular weight is 273 g/mol. The first kappa shape index (κ1) is 14.4. The van der Waals surface area contributed by atoms with E-state index in [1.54, 1.807) is 11.9 Å². The second-order valence-electron chi connectivity index (χ2n) is 3.83. The number of benzene rings is 1. The molecule has 1 unspecified atom stereocenters. The van der Waals surface area contributed by atoms with Gasteiger partial charge in [0.15, 0.2) is 0 Å². The van der Waals surface area contributed by atoms with Crippen molar-refractivity contribution < 1.29 is 4.79 Å². The Kier molecular flexibility index (Phi) is 5.82. The molecule has 0 saturated heterocycles. The molecule has 1 atom stereocenters. The van der Waals surface area contributed by atoms with Gasteiger partial charge in [-0.25, -0.2) is 0 Å². The van der Waals surface area contributed by atoms with Gasteiger partial charge < -0.3 is 10.6 Å². The molecule has 0 radical (unpaired) electrons. The Morgan fingerprint density at radius 2 is 2.06 bits per heavy atom. The third-order valence-electron chi connectivity index (χ3n) is 2.57. The zero-order valence-corrected chi connectivity index (χ0v) is 11.6. The molecule has 0 aromatic heterocycles. The lowest BCUT2D eigenvalue weighted by Crippen LogP contribution is -2.40. The zero-order valence-electron chi connectivity index (χ0n) is 10.0. The van der Waals surface area contributed by atoms with E-state index in [9.17, 15) is 4.79 Å². The van der Waals surface area contributed by atoms with Gasteiger partial charge in [-0.2, -0.15) is 0 Å². The monoisotopic (exact) mass is 272 g/mol. The lowest BCUT2D eigenvalue weighted by atomic mass is 10.3. The van der Waals surface area contributed by atoms with Gasteiger partial charge in [0, 0.05) is 29.6 Å². The molecule has 1 rings (SSSR count). The SMILES string of the molecule is CC(CN)N(C)C(=O)CSc1ccc(Cl)cc1. The molecule has 0 aliphatic heterocycles. The van der Waals surface area contributed by atoms with Gasteiger partial charge in [-0.05, 0) is 31.2 Å². The van der Waals surface area contributed by atoms with Crippen molar-refractivity contribution in [3.8, 4) is 0 Å². The summed E-state index contributed by atoms with van der Waals surface area (Å²) in [4.78, 5) is 14.5. The number of thioether (sulfide) groups is 1. The molecule has 0 spiro atoms. The quantitative estimate of drug-likeness (QED) is 0.836. The Labute approximate surface area is 111 Å². The van der Waals surface area contributed by atoms with Crippen LogP contribution in [0.15, 0.2) is 29.2 Å². The van der Waals surface area contributed by atoms with Crippen molar-refractivity contribution in [2.45, 2.75) is 17.9 Å². The van der Waals surface area contributed by atoms with Crippen molar-refractivity contribution in [1.29, 1.82) is 0 Å². The molecule has 0 saturated carbocycles. The van der Waals surface area contributed by atoms with Crippen LogP contribution in [0.4, 0.5) is 0 Å². The molecule has 0 fully saturated rings. The number of rotatable bonds is 5. The van der Waals surface area contributed by atoms with Gasteiger partial charge in [0.2, 0.25) is 5.91 Å². The minimum absolute atomic E-state index is 0.0771. The Hall–Kier alpha value is -0.710. The number of carbonyl (C=O) groups is 1. The molecule has 0 aliphatic carbocycles. The number of halogens is 1. The van der Waals surface area contributed by atoms with E-state index in [4.69, 9.17) is 17.3 Å². The first-order valence-corrected chi connectivity index (χ1v) is 6.75. The average Bonchev–Trinajstić information content (AvgIpc) is 2.35. The Balaban J connectivity index is 2.45. The number of hydrogen-bond acceptors (Lipinski definition) is 3. The molecule has 1 aromatic rings. The fourth-order valence-electron chi connectivity index (χ4n) is 1.18. The lowest BCUT2D eigenvalue weighted by molar-refractivity contribution is -0.128.